The predicted octanol–water partition coefficient (Wildman–Crippen LogP) is 3.06. The van der Waals surface area contributed by atoms with E-state index in [-0.39, 0.29) is 5.41 Å². The third-order valence-electron chi connectivity index (χ3n) is 2.25. The highest BCUT2D eigenvalue weighted by atomic mass is 79.9. The van der Waals surface area contributed by atoms with Gasteiger partial charge in [-0.15, -0.1) is 0 Å². The van der Waals surface area contributed by atoms with Crippen molar-refractivity contribution in [2.24, 2.45) is 7.05 Å². The Labute approximate surface area is 114 Å². The molecule has 2 aromatic heterocycles. The summed E-state index contributed by atoms with van der Waals surface area (Å²) >= 11 is 3.37. The lowest BCUT2D eigenvalue weighted by Crippen LogP contribution is -2.16. The summed E-state index contributed by atoms with van der Waals surface area (Å²) in [6.45, 7) is 6.17. The monoisotopic (exact) mass is 310 g/mol. The van der Waals surface area contributed by atoms with E-state index in [9.17, 15) is 0 Å². The van der Waals surface area contributed by atoms with E-state index in [1.807, 2.05) is 7.05 Å². The van der Waals surface area contributed by atoms with E-state index in [0.29, 0.717) is 16.2 Å². The Morgan fingerprint density at radius 3 is 2.56 bits per heavy atom. The van der Waals surface area contributed by atoms with Crippen LogP contribution in [-0.4, -0.2) is 19.7 Å². The van der Waals surface area contributed by atoms with E-state index < -0.39 is 0 Å². The fourth-order valence-electron chi connectivity index (χ4n) is 1.36. The van der Waals surface area contributed by atoms with E-state index in [4.69, 9.17) is 4.74 Å². The maximum absolute atomic E-state index is 5.65. The first kappa shape index (κ1) is 13.0. The molecule has 0 unspecified atom stereocenters. The van der Waals surface area contributed by atoms with Crippen LogP contribution < -0.4 is 4.74 Å². The van der Waals surface area contributed by atoms with Gasteiger partial charge in [0.2, 0.25) is 5.88 Å². The second-order valence-corrected chi connectivity index (χ2v) is 5.87. The van der Waals surface area contributed by atoms with Crippen molar-refractivity contribution in [2.45, 2.75) is 26.2 Å². The standard InChI is InChI=1S/C12H15BrN4O/c1-12(2,3)11-15-9(13)5-10(16-11)18-8-6-14-17(4)7-8/h5-7H,1-4H3. The quantitative estimate of drug-likeness (QED) is 0.800. The molecule has 0 amide bonds. The minimum absolute atomic E-state index is 0.128. The van der Waals surface area contributed by atoms with Gasteiger partial charge < -0.3 is 4.74 Å². The van der Waals surface area contributed by atoms with Crippen molar-refractivity contribution in [1.29, 1.82) is 0 Å². The van der Waals surface area contributed by atoms with Crippen molar-refractivity contribution in [1.82, 2.24) is 19.7 Å². The molecule has 5 nitrogen and oxygen atoms in total. The van der Waals surface area contributed by atoms with Crippen LogP contribution in [0.3, 0.4) is 0 Å². The van der Waals surface area contributed by atoms with Crippen LogP contribution in [0.1, 0.15) is 26.6 Å². The van der Waals surface area contributed by atoms with Crippen LogP contribution in [0.15, 0.2) is 23.1 Å². The van der Waals surface area contributed by atoms with Gasteiger partial charge in [0, 0.05) is 18.5 Å². The number of hydrogen-bond acceptors (Lipinski definition) is 4. The van der Waals surface area contributed by atoms with Crippen molar-refractivity contribution in [3.05, 3.63) is 28.9 Å². The predicted molar refractivity (Wildman–Crippen MR) is 71.7 cm³/mol. The molecule has 0 aliphatic heterocycles. The van der Waals surface area contributed by atoms with Crippen molar-refractivity contribution >= 4 is 15.9 Å². The van der Waals surface area contributed by atoms with Gasteiger partial charge in [-0.2, -0.15) is 10.1 Å². The van der Waals surface area contributed by atoms with E-state index in [2.05, 4.69) is 51.8 Å². The average Bonchev–Trinajstić information content (AvgIpc) is 2.61. The number of hydrogen-bond donors (Lipinski definition) is 0. The second kappa shape index (κ2) is 4.68. The van der Waals surface area contributed by atoms with Crippen molar-refractivity contribution in [3.63, 3.8) is 0 Å². The topological polar surface area (TPSA) is 52.8 Å². The molecule has 0 saturated heterocycles. The van der Waals surface area contributed by atoms with E-state index in [0.717, 1.165) is 5.82 Å². The highest BCUT2D eigenvalue weighted by Crippen LogP contribution is 2.26. The zero-order valence-electron chi connectivity index (χ0n) is 10.8. The molecule has 18 heavy (non-hydrogen) atoms. The van der Waals surface area contributed by atoms with Gasteiger partial charge in [-0.05, 0) is 15.9 Å². The molecule has 96 valence electrons. The van der Waals surface area contributed by atoms with Gasteiger partial charge in [0.15, 0.2) is 5.75 Å². The fraction of sp³-hybridized carbons (Fsp3) is 0.417. The van der Waals surface area contributed by atoms with Crippen LogP contribution in [0, 0.1) is 0 Å². The molecular formula is C12H15BrN4O. The molecule has 0 saturated carbocycles. The SMILES string of the molecule is Cn1cc(Oc2cc(Br)nc(C(C)(C)C)n2)cn1. The summed E-state index contributed by atoms with van der Waals surface area (Å²) in [5.41, 5.74) is -0.128. The Balaban J connectivity index is 2.31. The van der Waals surface area contributed by atoms with E-state index in [1.54, 1.807) is 23.1 Å². The molecule has 0 bridgehead atoms. The molecule has 0 N–H and O–H groups in total. The summed E-state index contributed by atoms with van der Waals surface area (Å²) in [6, 6.07) is 1.74. The molecule has 0 spiro atoms. The average molecular weight is 311 g/mol. The Hall–Kier alpha value is -1.43. The normalized spacial score (nSPS) is 11.6. The van der Waals surface area contributed by atoms with Crippen LogP contribution in [0.5, 0.6) is 11.6 Å². The van der Waals surface area contributed by atoms with Crippen LogP contribution in [0.25, 0.3) is 0 Å². The Morgan fingerprint density at radius 2 is 2.00 bits per heavy atom. The molecule has 2 heterocycles. The van der Waals surface area contributed by atoms with Crippen molar-refractivity contribution in [3.8, 4) is 11.6 Å². The summed E-state index contributed by atoms with van der Waals surface area (Å²) < 4.78 is 8.04. The number of aromatic nitrogens is 4. The molecule has 2 aromatic rings. The van der Waals surface area contributed by atoms with Gasteiger partial charge in [0.25, 0.3) is 0 Å². The van der Waals surface area contributed by atoms with E-state index >= 15 is 0 Å². The van der Waals surface area contributed by atoms with Crippen molar-refractivity contribution < 1.29 is 4.74 Å². The maximum Gasteiger partial charge on any atom is 0.223 e. The lowest BCUT2D eigenvalue weighted by Gasteiger charge is -2.17. The molecule has 2 rings (SSSR count). The Morgan fingerprint density at radius 1 is 1.28 bits per heavy atom. The number of nitrogens with zero attached hydrogens (tertiary/aromatic N) is 4. The number of rotatable bonds is 2. The lowest BCUT2D eigenvalue weighted by molar-refractivity contribution is 0.444. The number of ether oxygens (including phenoxy) is 1. The van der Waals surface area contributed by atoms with Gasteiger partial charge in [-0.1, -0.05) is 20.8 Å². The summed E-state index contributed by atoms with van der Waals surface area (Å²) in [5, 5.41) is 4.04. The van der Waals surface area contributed by atoms with Gasteiger partial charge in [-0.25, -0.2) is 4.98 Å². The van der Waals surface area contributed by atoms with Crippen LogP contribution in [-0.2, 0) is 12.5 Å². The van der Waals surface area contributed by atoms with Crippen LogP contribution >= 0.6 is 15.9 Å². The molecule has 6 heteroatoms. The number of halogens is 1. The third kappa shape index (κ3) is 3.07. The Bertz CT molecular complexity index is 559. The molecule has 0 atom stereocenters. The van der Waals surface area contributed by atoms with Gasteiger partial charge >= 0.3 is 0 Å². The van der Waals surface area contributed by atoms with Crippen molar-refractivity contribution in [2.75, 3.05) is 0 Å². The zero-order valence-corrected chi connectivity index (χ0v) is 12.4. The first-order valence-corrected chi connectivity index (χ1v) is 6.35. The van der Waals surface area contributed by atoms with Gasteiger partial charge in [-0.3, -0.25) is 4.68 Å². The zero-order chi connectivity index (χ0) is 13.3. The fourth-order valence-corrected chi connectivity index (χ4v) is 1.72. The molecule has 0 aromatic carbocycles. The minimum Gasteiger partial charge on any atom is -0.436 e. The summed E-state index contributed by atoms with van der Waals surface area (Å²) in [4.78, 5) is 8.77. The summed E-state index contributed by atoms with van der Waals surface area (Å²) in [5.74, 6) is 1.90. The first-order chi connectivity index (χ1) is 8.34. The van der Waals surface area contributed by atoms with Gasteiger partial charge in [0.05, 0.1) is 12.4 Å². The third-order valence-corrected chi connectivity index (χ3v) is 2.65. The minimum atomic E-state index is -0.128. The van der Waals surface area contributed by atoms with Gasteiger partial charge in [0.1, 0.15) is 10.4 Å². The summed E-state index contributed by atoms with van der Waals surface area (Å²) in [7, 11) is 1.84. The lowest BCUT2D eigenvalue weighted by atomic mass is 9.96. The van der Waals surface area contributed by atoms with E-state index in [1.165, 1.54) is 0 Å². The van der Waals surface area contributed by atoms with Crippen LogP contribution in [0.2, 0.25) is 0 Å². The second-order valence-electron chi connectivity index (χ2n) is 5.05. The largest absolute Gasteiger partial charge is 0.436 e. The maximum atomic E-state index is 5.65. The number of aryl methyl sites for hydroxylation is 1. The smallest absolute Gasteiger partial charge is 0.223 e. The molecule has 0 fully saturated rings. The molecular weight excluding hydrogens is 296 g/mol. The highest BCUT2D eigenvalue weighted by molar-refractivity contribution is 9.10. The molecule has 0 aliphatic carbocycles. The summed E-state index contributed by atoms with van der Waals surface area (Å²) in [6.07, 6.45) is 3.43. The molecule has 0 radical (unpaired) electrons. The first-order valence-electron chi connectivity index (χ1n) is 5.56. The van der Waals surface area contributed by atoms with Crippen LogP contribution in [0.4, 0.5) is 0 Å². The molecule has 0 aliphatic rings. The highest BCUT2D eigenvalue weighted by Gasteiger charge is 2.19. The Kier molecular flexibility index (Phi) is 3.38.